The van der Waals surface area contributed by atoms with Crippen molar-refractivity contribution in [1.29, 1.82) is 0 Å². The van der Waals surface area contributed by atoms with Crippen LogP contribution in [0.25, 0.3) is 0 Å². The van der Waals surface area contributed by atoms with E-state index in [-0.39, 0.29) is 0 Å². The second kappa shape index (κ2) is 12.8. The van der Waals surface area contributed by atoms with Crippen molar-refractivity contribution in [3.8, 4) is 5.75 Å². The van der Waals surface area contributed by atoms with Gasteiger partial charge in [0.1, 0.15) is 36.3 Å². The van der Waals surface area contributed by atoms with Crippen LogP contribution in [0.3, 0.4) is 0 Å². The molecule has 1 saturated heterocycles. The fourth-order valence-corrected chi connectivity index (χ4v) is 4.51. The predicted octanol–water partition coefficient (Wildman–Crippen LogP) is 2.81. The van der Waals surface area contributed by atoms with E-state index in [0.29, 0.717) is 43.2 Å². The van der Waals surface area contributed by atoms with Gasteiger partial charge < -0.3 is 34.6 Å². The fourth-order valence-electron chi connectivity index (χ4n) is 4.25. The molecule has 34 heavy (non-hydrogen) atoms. The molecule has 0 bridgehead atoms. The third-order valence-corrected chi connectivity index (χ3v) is 6.43. The molecule has 0 spiro atoms. The summed E-state index contributed by atoms with van der Waals surface area (Å²) >= 11 is 6.67. The van der Waals surface area contributed by atoms with Crippen molar-refractivity contribution >= 4 is 11.6 Å². The van der Waals surface area contributed by atoms with E-state index in [1.807, 2.05) is 50.2 Å². The van der Waals surface area contributed by atoms with Crippen molar-refractivity contribution in [2.45, 2.75) is 63.6 Å². The molecular weight excluding hydrogens is 460 g/mol. The van der Waals surface area contributed by atoms with Gasteiger partial charge in [0.25, 0.3) is 0 Å². The number of ether oxygens (including phenoxy) is 3. The van der Waals surface area contributed by atoms with Gasteiger partial charge in [-0.05, 0) is 73.6 Å². The highest BCUT2D eigenvalue weighted by Crippen LogP contribution is 2.37. The molecule has 188 valence electrons. The van der Waals surface area contributed by atoms with Crippen LogP contribution in [0, 0.1) is 0 Å². The van der Waals surface area contributed by atoms with Gasteiger partial charge in [0.05, 0.1) is 13.2 Å². The maximum atomic E-state index is 10.8. The van der Waals surface area contributed by atoms with Gasteiger partial charge in [-0.15, -0.1) is 0 Å². The summed E-state index contributed by atoms with van der Waals surface area (Å²) in [5, 5.41) is 41.5. The Labute approximate surface area is 205 Å². The Balaban J connectivity index is 1.93. The number of aliphatic hydroxyl groups excluding tert-OH is 4. The molecule has 1 aliphatic rings. The third-order valence-electron chi connectivity index (χ3n) is 6.07. The van der Waals surface area contributed by atoms with E-state index < -0.39 is 37.1 Å². The molecule has 0 aromatic heterocycles. The van der Waals surface area contributed by atoms with Crippen molar-refractivity contribution in [2.75, 3.05) is 26.4 Å². The van der Waals surface area contributed by atoms with Crippen molar-refractivity contribution in [2.24, 2.45) is 0 Å². The van der Waals surface area contributed by atoms with Gasteiger partial charge in [-0.25, -0.2) is 0 Å². The van der Waals surface area contributed by atoms with Crippen molar-refractivity contribution in [3.63, 3.8) is 0 Å². The molecule has 5 atom stereocenters. The molecular formula is C26H35ClO7. The van der Waals surface area contributed by atoms with E-state index in [2.05, 4.69) is 0 Å². The van der Waals surface area contributed by atoms with Gasteiger partial charge in [-0.3, -0.25) is 0 Å². The molecule has 0 aliphatic carbocycles. The van der Waals surface area contributed by atoms with Crippen LogP contribution in [0.2, 0.25) is 5.02 Å². The Morgan fingerprint density at radius 2 is 1.68 bits per heavy atom. The van der Waals surface area contributed by atoms with Crippen LogP contribution in [-0.2, 0) is 22.3 Å². The van der Waals surface area contributed by atoms with Gasteiger partial charge in [0, 0.05) is 18.2 Å². The lowest BCUT2D eigenvalue weighted by Gasteiger charge is -2.41. The summed E-state index contributed by atoms with van der Waals surface area (Å²) in [7, 11) is 0. The van der Waals surface area contributed by atoms with E-state index in [0.717, 1.165) is 28.9 Å². The first-order valence-electron chi connectivity index (χ1n) is 11.8. The van der Waals surface area contributed by atoms with Gasteiger partial charge >= 0.3 is 0 Å². The molecule has 7 nitrogen and oxygen atoms in total. The van der Waals surface area contributed by atoms with Crippen LogP contribution in [0.4, 0.5) is 0 Å². The van der Waals surface area contributed by atoms with Crippen LogP contribution in [0.15, 0.2) is 36.4 Å². The number of halogens is 1. The first-order valence-corrected chi connectivity index (χ1v) is 12.2. The van der Waals surface area contributed by atoms with Gasteiger partial charge in [-0.2, -0.15) is 0 Å². The number of aliphatic hydroxyl groups is 4. The van der Waals surface area contributed by atoms with E-state index in [1.54, 1.807) is 0 Å². The Morgan fingerprint density at radius 3 is 2.32 bits per heavy atom. The van der Waals surface area contributed by atoms with Gasteiger partial charge in [-0.1, -0.05) is 29.8 Å². The summed E-state index contributed by atoms with van der Waals surface area (Å²) in [6.07, 6.45) is -4.19. The van der Waals surface area contributed by atoms with E-state index in [4.69, 9.17) is 25.8 Å². The first kappa shape index (κ1) is 26.9. The van der Waals surface area contributed by atoms with E-state index >= 15 is 0 Å². The zero-order chi connectivity index (χ0) is 24.7. The SMILES string of the molecule is CCOCCCc1cc(Cl)c(Cc2ccc(OCC)cc2)cc1[C@@H]1O[C@H](CO)[C@@H](O)[C@H](O)[C@H]1O. The minimum Gasteiger partial charge on any atom is -0.494 e. The summed E-state index contributed by atoms with van der Waals surface area (Å²) in [6.45, 7) is 5.19. The second-order valence-electron chi connectivity index (χ2n) is 8.45. The van der Waals surface area contributed by atoms with Crippen LogP contribution < -0.4 is 4.74 Å². The lowest BCUT2D eigenvalue weighted by molar-refractivity contribution is -0.231. The average molecular weight is 495 g/mol. The molecule has 1 fully saturated rings. The van der Waals surface area contributed by atoms with E-state index in [1.165, 1.54) is 0 Å². The molecule has 4 N–H and O–H groups in total. The lowest BCUT2D eigenvalue weighted by Crippen LogP contribution is -2.55. The van der Waals surface area contributed by atoms with Gasteiger partial charge in [0.15, 0.2) is 0 Å². The Bertz CT molecular complexity index is 903. The summed E-state index contributed by atoms with van der Waals surface area (Å²) < 4.78 is 16.8. The zero-order valence-electron chi connectivity index (χ0n) is 19.7. The molecule has 0 saturated carbocycles. The highest BCUT2D eigenvalue weighted by atomic mass is 35.5. The topological polar surface area (TPSA) is 109 Å². The maximum Gasteiger partial charge on any atom is 0.119 e. The van der Waals surface area contributed by atoms with Crippen molar-refractivity contribution < 1.29 is 34.6 Å². The van der Waals surface area contributed by atoms with Crippen LogP contribution in [0.1, 0.15) is 48.6 Å². The molecule has 1 heterocycles. The molecule has 2 aromatic rings. The number of rotatable bonds is 11. The van der Waals surface area contributed by atoms with Crippen LogP contribution in [-0.4, -0.2) is 71.3 Å². The predicted molar refractivity (Wildman–Crippen MR) is 129 cm³/mol. The molecule has 2 aromatic carbocycles. The zero-order valence-corrected chi connectivity index (χ0v) is 20.4. The first-order chi connectivity index (χ1) is 16.4. The Morgan fingerprint density at radius 1 is 0.941 bits per heavy atom. The summed E-state index contributed by atoms with van der Waals surface area (Å²) in [5.74, 6) is 0.795. The van der Waals surface area contributed by atoms with Crippen molar-refractivity contribution in [3.05, 3.63) is 63.7 Å². The van der Waals surface area contributed by atoms with Crippen LogP contribution >= 0.6 is 11.6 Å². The average Bonchev–Trinajstić information content (AvgIpc) is 2.83. The van der Waals surface area contributed by atoms with Gasteiger partial charge in [0.2, 0.25) is 0 Å². The summed E-state index contributed by atoms with van der Waals surface area (Å²) in [6, 6.07) is 11.5. The minimum absolute atomic E-state index is 0.478. The number of benzene rings is 2. The minimum atomic E-state index is -1.45. The van der Waals surface area contributed by atoms with Crippen LogP contribution in [0.5, 0.6) is 5.75 Å². The summed E-state index contributed by atoms with van der Waals surface area (Å²) in [5.41, 5.74) is 3.42. The molecule has 1 aliphatic heterocycles. The van der Waals surface area contributed by atoms with E-state index in [9.17, 15) is 20.4 Å². The fraction of sp³-hybridized carbons (Fsp3) is 0.538. The molecule has 0 unspecified atom stereocenters. The molecule has 0 amide bonds. The lowest BCUT2D eigenvalue weighted by atomic mass is 9.86. The number of aryl methyl sites for hydroxylation is 1. The summed E-state index contributed by atoms with van der Waals surface area (Å²) in [4.78, 5) is 0. The van der Waals surface area contributed by atoms with Crippen molar-refractivity contribution in [1.82, 2.24) is 0 Å². The monoisotopic (exact) mass is 494 g/mol. The standard InChI is InChI=1S/C26H35ClO7/c1-3-32-11-5-6-17-14-21(27)18(12-16-7-9-19(10-8-16)33-4-2)13-20(17)26-25(31)24(30)23(29)22(15-28)34-26/h7-10,13-14,22-26,28-31H,3-6,11-12,15H2,1-2H3/t22-,23-,24+,25-,26+/m1/s1. The molecule has 8 heteroatoms. The molecule has 3 rings (SSSR count). The number of hydrogen-bond acceptors (Lipinski definition) is 7. The highest BCUT2D eigenvalue weighted by molar-refractivity contribution is 6.31. The molecule has 0 radical (unpaired) electrons. The normalized spacial score (nSPS) is 24.9. The Hall–Kier alpha value is -1.71. The largest absolute Gasteiger partial charge is 0.494 e. The quantitative estimate of drug-likeness (QED) is 0.356. The second-order valence-corrected chi connectivity index (χ2v) is 8.85. The third kappa shape index (κ3) is 6.49. The Kier molecular flexibility index (Phi) is 10.2. The smallest absolute Gasteiger partial charge is 0.119 e. The maximum absolute atomic E-state index is 10.8. The number of hydrogen-bond donors (Lipinski definition) is 4. The highest BCUT2D eigenvalue weighted by Gasteiger charge is 2.44.